The van der Waals surface area contributed by atoms with Crippen LogP contribution in [-0.2, 0) is 6.54 Å². The second-order valence-corrected chi connectivity index (χ2v) is 3.15. The maximum Gasteiger partial charge on any atom is 0.355 e. The molecule has 1 aromatic rings. The maximum absolute atomic E-state index is 10.4. The fourth-order valence-corrected chi connectivity index (χ4v) is 1.46. The van der Waals surface area contributed by atoms with Crippen LogP contribution in [0.3, 0.4) is 0 Å². The van der Waals surface area contributed by atoms with Crippen LogP contribution in [0.2, 0.25) is 0 Å². The molecule has 0 saturated heterocycles. The van der Waals surface area contributed by atoms with Crippen molar-refractivity contribution < 1.29 is 9.90 Å². The molecule has 0 amide bonds. The van der Waals surface area contributed by atoms with E-state index < -0.39 is 5.97 Å². The first-order valence-electron chi connectivity index (χ1n) is 3.62. The second-order valence-electron chi connectivity index (χ2n) is 2.21. The van der Waals surface area contributed by atoms with Crippen molar-refractivity contribution in [3.8, 4) is 0 Å². The van der Waals surface area contributed by atoms with E-state index in [1.807, 2.05) is 6.92 Å². The summed E-state index contributed by atoms with van der Waals surface area (Å²) < 4.78 is 0. The third-order valence-corrected chi connectivity index (χ3v) is 2.15. The van der Waals surface area contributed by atoms with Gasteiger partial charge < -0.3 is 10.4 Å². The van der Waals surface area contributed by atoms with Gasteiger partial charge in [-0.15, -0.1) is 11.3 Å². The molecule has 0 atom stereocenters. The van der Waals surface area contributed by atoms with E-state index >= 15 is 0 Å². The Morgan fingerprint density at radius 3 is 3.08 bits per heavy atom. The lowest BCUT2D eigenvalue weighted by Crippen LogP contribution is -2.11. The molecule has 4 nitrogen and oxygen atoms in total. The van der Waals surface area contributed by atoms with Crippen LogP contribution in [0.1, 0.15) is 22.4 Å². The second kappa shape index (κ2) is 4.18. The van der Waals surface area contributed by atoms with Crippen LogP contribution in [0, 0.1) is 0 Å². The summed E-state index contributed by atoms with van der Waals surface area (Å²) >= 11 is 1.36. The van der Waals surface area contributed by atoms with Crippen LogP contribution < -0.4 is 5.32 Å². The summed E-state index contributed by atoms with van der Waals surface area (Å²) in [7, 11) is 0. The summed E-state index contributed by atoms with van der Waals surface area (Å²) in [5.41, 5.74) is 0.132. The summed E-state index contributed by atoms with van der Waals surface area (Å²) in [5.74, 6) is -0.964. The largest absolute Gasteiger partial charge is 0.476 e. The molecule has 1 heterocycles. The van der Waals surface area contributed by atoms with E-state index in [2.05, 4.69) is 10.3 Å². The van der Waals surface area contributed by atoms with E-state index in [1.165, 1.54) is 11.3 Å². The van der Waals surface area contributed by atoms with Gasteiger partial charge in [0.15, 0.2) is 5.69 Å². The van der Waals surface area contributed by atoms with Gasteiger partial charge in [-0.1, -0.05) is 6.92 Å². The minimum absolute atomic E-state index is 0.132. The lowest BCUT2D eigenvalue weighted by atomic mass is 10.5. The number of aromatic carboxylic acids is 1. The Labute approximate surface area is 74.3 Å². The van der Waals surface area contributed by atoms with Crippen molar-refractivity contribution in [1.82, 2.24) is 10.3 Å². The molecule has 0 bridgehead atoms. The van der Waals surface area contributed by atoms with Gasteiger partial charge >= 0.3 is 5.97 Å². The molecule has 66 valence electrons. The zero-order chi connectivity index (χ0) is 8.97. The van der Waals surface area contributed by atoms with Crippen LogP contribution in [0.5, 0.6) is 0 Å². The van der Waals surface area contributed by atoms with Gasteiger partial charge in [-0.25, -0.2) is 9.78 Å². The van der Waals surface area contributed by atoms with Gasteiger partial charge in [0.25, 0.3) is 0 Å². The molecule has 0 aliphatic heterocycles. The highest BCUT2D eigenvalue weighted by molar-refractivity contribution is 7.09. The number of carbonyl (C=O) groups is 1. The molecule has 0 aliphatic rings. The lowest BCUT2D eigenvalue weighted by Gasteiger charge is -1.94. The van der Waals surface area contributed by atoms with Crippen molar-refractivity contribution >= 4 is 17.3 Å². The Kier molecular flexibility index (Phi) is 3.19. The van der Waals surface area contributed by atoms with E-state index in [0.29, 0.717) is 6.54 Å². The summed E-state index contributed by atoms with van der Waals surface area (Å²) in [5, 5.41) is 14.0. The van der Waals surface area contributed by atoms with Crippen LogP contribution in [0.25, 0.3) is 0 Å². The third kappa shape index (κ3) is 2.28. The number of carboxylic acid groups (broad SMARTS) is 1. The van der Waals surface area contributed by atoms with Crippen molar-refractivity contribution in [3.05, 3.63) is 16.1 Å². The zero-order valence-electron chi connectivity index (χ0n) is 6.70. The number of rotatable bonds is 4. The summed E-state index contributed by atoms with van der Waals surface area (Å²) in [4.78, 5) is 14.3. The summed E-state index contributed by atoms with van der Waals surface area (Å²) in [6.07, 6.45) is 0. The van der Waals surface area contributed by atoms with E-state index in [4.69, 9.17) is 5.11 Å². The van der Waals surface area contributed by atoms with Gasteiger partial charge in [0.1, 0.15) is 5.01 Å². The predicted molar refractivity (Wildman–Crippen MR) is 46.5 cm³/mol. The van der Waals surface area contributed by atoms with E-state index in [1.54, 1.807) is 5.38 Å². The highest BCUT2D eigenvalue weighted by Crippen LogP contribution is 2.08. The Morgan fingerprint density at radius 1 is 1.83 bits per heavy atom. The van der Waals surface area contributed by atoms with Crippen molar-refractivity contribution in [2.24, 2.45) is 0 Å². The number of thiazole rings is 1. The number of aromatic nitrogens is 1. The fourth-order valence-electron chi connectivity index (χ4n) is 0.722. The third-order valence-electron chi connectivity index (χ3n) is 1.30. The standard InChI is InChI=1S/C7H10N2O2S/c1-2-8-3-6-9-5(4-12-6)7(10)11/h4,8H,2-3H2,1H3,(H,10,11). The molecule has 1 aromatic heterocycles. The van der Waals surface area contributed by atoms with Crippen LogP contribution in [0.4, 0.5) is 0 Å². The molecule has 0 fully saturated rings. The number of nitrogens with zero attached hydrogens (tertiary/aromatic N) is 1. The molecule has 0 spiro atoms. The van der Waals surface area contributed by atoms with Crippen molar-refractivity contribution in [1.29, 1.82) is 0 Å². The monoisotopic (exact) mass is 186 g/mol. The van der Waals surface area contributed by atoms with Gasteiger partial charge in [0.05, 0.1) is 0 Å². The van der Waals surface area contributed by atoms with Crippen LogP contribution >= 0.6 is 11.3 Å². The molecular formula is C7H10N2O2S. The quantitative estimate of drug-likeness (QED) is 0.735. The molecule has 0 unspecified atom stereocenters. The minimum atomic E-state index is -0.964. The molecule has 0 radical (unpaired) electrons. The van der Waals surface area contributed by atoms with Crippen LogP contribution in [-0.4, -0.2) is 22.6 Å². The zero-order valence-corrected chi connectivity index (χ0v) is 7.52. The van der Waals surface area contributed by atoms with E-state index in [0.717, 1.165) is 11.6 Å². The van der Waals surface area contributed by atoms with Crippen LogP contribution in [0.15, 0.2) is 5.38 Å². The van der Waals surface area contributed by atoms with E-state index in [-0.39, 0.29) is 5.69 Å². The first-order valence-corrected chi connectivity index (χ1v) is 4.50. The minimum Gasteiger partial charge on any atom is -0.476 e. The molecule has 0 aromatic carbocycles. The molecule has 12 heavy (non-hydrogen) atoms. The number of hydrogen-bond donors (Lipinski definition) is 2. The van der Waals surface area contributed by atoms with Crippen molar-refractivity contribution in [2.75, 3.05) is 6.54 Å². The first kappa shape index (κ1) is 9.15. The first-order chi connectivity index (χ1) is 5.74. The average Bonchev–Trinajstić information content (AvgIpc) is 2.48. The Bertz CT molecular complexity index is 272. The Morgan fingerprint density at radius 2 is 2.58 bits per heavy atom. The van der Waals surface area contributed by atoms with Gasteiger partial charge in [0.2, 0.25) is 0 Å². The molecule has 0 aliphatic carbocycles. The van der Waals surface area contributed by atoms with Gasteiger partial charge in [0, 0.05) is 11.9 Å². The number of nitrogens with one attached hydrogen (secondary N) is 1. The summed E-state index contributed by atoms with van der Waals surface area (Å²) in [6.45, 7) is 3.50. The van der Waals surface area contributed by atoms with Crippen molar-refractivity contribution in [3.63, 3.8) is 0 Å². The van der Waals surface area contributed by atoms with Gasteiger partial charge in [-0.05, 0) is 6.54 Å². The molecule has 0 saturated carbocycles. The predicted octanol–water partition coefficient (Wildman–Crippen LogP) is 0.951. The molecular weight excluding hydrogens is 176 g/mol. The Balaban J connectivity index is 2.58. The SMILES string of the molecule is CCNCc1nc(C(=O)O)cs1. The smallest absolute Gasteiger partial charge is 0.355 e. The van der Waals surface area contributed by atoms with Gasteiger partial charge in [-0.2, -0.15) is 0 Å². The van der Waals surface area contributed by atoms with E-state index in [9.17, 15) is 4.79 Å². The maximum atomic E-state index is 10.4. The molecule has 1 rings (SSSR count). The fraction of sp³-hybridized carbons (Fsp3) is 0.429. The van der Waals surface area contributed by atoms with Crippen molar-refractivity contribution in [2.45, 2.75) is 13.5 Å². The number of hydrogen-bond acceptors (Lipinski definition) is 4. The average molecular weight is 186 g/mol. The highest BCUT2D eigenvalue weighted by Gasteiger charge is 2.07. The molecule has 2 N–H and O–H groups in total. The molecule has 5 heteroatoms. The lowest BCUT2D eigenvalue weighted by molar-refractivity contribution is 0.0691. The summed E-state index contributed by atoms with van der Waals surface area (Å²) in [6, 6.07) is 0. The normalized spacial score (nSPS) is 10.1. The van der Waals surface area contributed by atoms with Gasteiger partial charge in [-0.3, -0.25) is 0 Å². The highest BCUT2D eigenvalue weighted by atomic mass is 32.1. The topological polar surface area (TPSA) is 62.2 Å². The Hall–Kier alpha value is -0.940. The number of carboxylic acids is 1.